The lowest BCUT2D eigenvalue weighted by Crippen LogP contribution is -2.45. The molecule has 1 unspecified atom stereocenters. The van der Waals surface area contributed by atoms with Crippen LogP contribution in [-0.2, 0) is 30.8 Å². The van der Waals surface area contributed by atoms with Gasteiger partial charge in [0.1, 0.15) is 17.8 Å². The third-order valence-electron chi connectivity index (χ3n) is 9.70. The second kappa shape index (κ2) is 10.6. The van der Waals surface area contributed by atoms with Crippen LogP contribution in [0.1, 0.15) is 98.0 Å². The van der Waals surface area contributed by atoms with Crippen LogP contribution in [0.2, 0.25) is 0 Å². The Morgan fingerprint density at radius 3 is 2.74 bits per heavy atom. The maximum absolute atomic E-state index is 13.7. The van der Waals surface area contributed by atoms with Crippen LogP contribution in [0.4, 0.5) is 5.69 Å². The monoisotopic (exact) mass is 567 g/mol. The normalized spacial score (nSPS) is 26.7. The van der Waals surface area contributed by atoms with Gasteiger partial charge in [0, 0.05) is 37.7 Å². The van der Waals surface area contributed by atoms with Crippen molar-refractivity contribution in [3.8, 4) is 6.07 Å². The van der Waals surface area contributed by atoms with E-state index in [4.69, 9.17) is 4.98 Å². The Hall–Kier alpha value is -3.61. The van der Waals surface area contributed by atoms with Gasteiger partial charge in [0.25, 0.3) is 5.91 Å². The Labute approximate surface area is 248 Å². The van der Waals surface area contributed by atoms with Crippen LogP contribution >= 0.6 is 0 Å². The highest BCUT2D eigenvalue weighted by molar-refractivity contribution is 6.03. The number of fused-ring (bicyclic) bond motifs is 1. The van der Waals surface area contributed by atoms with Gasteiger partial charge in [-0.05, 0) is 92.8 Å². The fourth-order valence-electron chi connectivity index (χ4n) is 7.53. The molecule has 1 aliphatic heterocycles. The molecule has 2 aliphatic carbocycles. The van der Waals surface area contributed by atoms with Crippen molar-refractivity contribution in [3.63, 3.8) is 0 Å². The zero-order chi connectivity index (χ0) is 29.7. The summed E-state index contributed by atoms with van der Waals surface area (Å²) < 4.78 is 1.95. The molecule has 1 atom stereocenters. The van der Waals surface area contributed by atoms with E-state index in [-0.39, 0.29) is 16.7 Å². The number of nitriles is 1. The second-order valence-electron chi connectivity index (χ2n) is 13.7. The molecule has 9 heteroatoms. The third kappa shape index (κ3) is 5.23. The van der Waals surface area contributed by atoms with Gasteiger partial charge >= 0.3 is 0 Å². The van der Waals surface area contributed by atoms with Crippen LogP contribution in [0.15, 0.2) is 36.7 Å². The highest BCUT2D eigenvalue weighted by Gasteiger charge is 2.49. The highest BCUT2D eigenvalue weighted by atomic mass is 16.3. The number of rotatable bonds is 7. The molecule has 220 valence electrons. The van der Waals surface area contributed by atoms with Gasteiger partial charge in [0.05, 0.1) is 22.8 Å². The van der Waals surface area contributed by atoms with E-state index in [2.05, 4.69) is 46.4 Å². The summed E-state index contributed by atoms with van der Waals surface area (Å²) in [7, 11) is 1.95. The number of aliphatic hydroxyl groups is 1. The van der Waals surface area contributed by atoms with E-state index in [1.807, 2.05) is 42.8 Å². The van der Waals surface area contributed by atoms with Crippen molar-refractivity contribution >= 4 is 11.6 Å². The summed E-state index contributed by atoms with van der Waals surface area (Å²) in [5.74, 6) is 0.961. The number of likely N-dealkylation sites (tertiary alicyclic amines) is 1. The first-order chi connectivity index (χ1) is 20.0. The van der Waals surface area contributed by atoms with E-state index in [1.54, 1.807) is 6.33 Å². The Balaban J connectivity index is 1.28. The molecule has 0 spiro atoms. The molecule has 2 fully saturated rings. The number of hydrogen-bond acceptors (Lipinski definition) is 7. The van der Waals surface area contributed by atoms with Gasteiger partial charge in [-0.25, -0.2) is 4.98 Å². The van der Waals surface area contributed by atoms with Crippen molar-refractivity contribution in [1.29, 1.82) is 5.26 Å². The number of piperidine rings is 1. The molecule has 42 heavy (non-hydrogen) atoms. The average Bonchev–Trinajstić information content (AvgIpc) is 3.48. The van der Waals surface area contributed by atoms with Crippen molar-refractivity contribution in [2.45, 2.75) is 88.7 Å². The number of nitrogens with zero attached hydrogens (tertiary/aromatic N) is 6. The Kier molecular flexibility index (Phi) is 7.19. The quantitative estimate of drug-likeness (QED) is 0.427. The first-order valence-corrected chi connectivity index (χ1v) is 15.1. The van der Waals surface area contributed by atoms with E-state index in [0.29, 0.717) is 36.8 Å². The molecule has 2 N–H and O–H groups in total. The summed E-state index contributed by atoms with van der Waals surface area (Å²) in [6, 6.07) is 12.3. The summed E-state index contributed by atoms with van der Waals surface area (Å²) in [5, 5.41) is 31.6. The molecule has 1 amide bonds. The third-order valence-corrected chi connectivity index (χ3v) is 9.70. The van der Waals surface area contributed by atoms with E-state index in [9.17, 15) is 15.2 Å². The predicted molar refractivity (Wildman–Crippen MR) is 160 cm³/mol. The smallest absolute Gasteiger partial charge is 0.274 e. The number of nitrogens with one attached hydrogen (secondary N) is 1. The minimum Gasteiger partial charge on any atom is -0.389 e. The number of hydrogen-bond donors (Lipinski definition) is 2. The van der Waals surface area contributed by atoms with Crippen LogP contribution in [0.3, 0.4) is 0 Å². The van der Waals surface area contributed by atoms with Gasteiger partial charge in [-0.3, -0.25) is 9.69 Å². The number of carbonyl (C=O) groups is 1. The Morgan fingerprint density at radius 2 is 2.02 bits per heavy atom. The molecule has 0 bridgehead atoms. The number of pyridine rings is 1. The minimum atomic E-state index is -0.684. The van der Waals surface area contributed by atoms with E-state index >= 15 is 0 Å². The predicted octanol–water partition coefficient (Wildman–Crippen LogP) is 4.64. The van der Waals surface area contributed by atoms with Crippen LogP contribution < -0.4 is 5.32 Å². The van der Waals surface area contributed by atoms with E-state index < -0.39 is 5.60 Å². The van der Waals surface area contributed by atoms with Crippen molar-refractivity contribution in [1.82, 2.24) is 24.6 Å². The van der Waals surface area contributed by atoms with Crippen LogP contribution in [0.5, 0.6) is 0 Å². The zero-order valence-corrected chi connectivity index (χ0v) is 25.2. The summed E-state index contributed by atoms with van der Waals surface area (Å²) in [6.45, 7) is 8.59. The summed E-state index contributed by atoms with van der Waals surface area (Å²) >= 11 is 0. The SMILES string of the molecule is Cn1cnnc1C1(c2cccc(NC(=O)c3cc(CN4CCCC(C)(O)C4)c4c(n3)C(C)(C)CC4)c2)CC(CC#N)C1. The first-order valence-electron chi connectivity index (χ1n) is 15.1. The highest BCUT2D eigenvalue weighted by Crippen LogP contribution is 2.53. The molecule has 1 aromatic carbocycles. The molecular weight excluding hydrogens is 526 g/mol. The van der Waals surface area contributed by atoms with Crippen molar-refractivity contribution in [3.05, 3.63) is 70.6 Å². The molecule has 2 aromatic heterocycles. The number of anilines is 1. The lowest BCUT2D eigenvalue weighted by molar-refractivity contribution is -0.0182. The lowest BCUT2D eigenvalue weighted by Gasteiger charge is -2.46. The summed E-state index contributed by atoms with van der Waals surface area (Å²) in [6.07, 6.45) is 7.60. The van der Waals surface area contributed by atoms with Gasteiger partial charge in [0.2, 0.25) is 0 Å². The van der Waals surface area contributed by atoms with Gasteiger partial charge in [-0.2, -0.15) is 5.26 Å². The van der Waals surface area contributed by atoms with Crippen LogP contribution in [0, 0.1) is 17.2 Å². The maximum Gasteiger partial charge on any atom is 0.274 e. The van der Waals surface area contributed by atoms with E-state index in [0.717, 1.165) is 67.7 Å². The zero-order valence-electron chi connectivity index (χ0n) is 25.2. The molecule has 0 radical (unpaired) electrons. The Bertz CT molecular complexity index is 1540. The van der Waals surface area contributed by atoms with E-state index in [1.165, 1.54) is 5.56 Å². The molecule has 1 saturated heterocycles. The number of benzene rings is 1. The number of aryl methyl sites for hydroxylation is 1. The summed E-state index contributed by atoms with van der Waals surface area (Å²) in [5.41, 5.74) is 4.48. The first kappa shape index (κ1) is 28.5. The fourth-order valence-corrected chi connectivity index (χ4v) is 7.53. The maximum atomic E-state index is 13.7. The van der Waals surface area contributed by atoms with Crippen molar-refractivity contribution in [2.75, 3.05) is 18.4 Å². The van der Waals surface area contributed by atoms with Crippen LogP contribution in [0.25, 0.3) is 0 Å². The van der Waals surface area contributed by atoms with Crippen molar-refractivity contribution < 1.29 is 9.90 Å². The number of aromatic nitrogens is 4. The number of β-amino-alcohol motifs (C(OH)–C–C–N with tert-alkyl or cyclic N) is 1. The lowest BCUT2D eigenvalue weighted by atomic mass is 9.57. The van der Waals surface area contributed by atoms with Gasteiger partial charge in [-0.15, -0.1) is 10.2 Å². The minimum absolute atomic E-state index is 0.0969. The largest absolute Gasteiger partial charge is 0.389 e. The molecule has 3 aromatic rings. The number of carbonyl (C=O) groups excluding carboxylic acids is 1. The molecule has 6 rings (SSSR count). The molecule has 1 saturated carbocycles. The molecule has 3 heterocycles. The Morgan fingerprint density at radius 1 is 1.21 bits per heavy atom. The fraction of sp³-hybridized carbons (Fsp3) is 0.545. The topological polar surface area (TPSA) is 120 Å². The van der Waals surface area contributed by atoms with Gasteiger partial charge < -0.3 is 15.0 Å². The van der Waals surface area contributed by atoms with Gasteiger partial charge in [0.15, 0.2) is 0 Å². The van der Waals surface area contributed by atoms with Crippen LogP contribution in [-0.4, -0.2) is 54.4 Å². The average molecular weight is 568 g/mol. The molecule has 3 aliphatic rings. The molecule has 9 nitrogen and oxygen atoms in total. The molecular formula is C33H41N7O2. The van der Waals surface area contributed by atoms with Gasteiger partial charge in [-0.1, -0.05) is 26.0 Å². The second-order valence-corrected chi connectivity index (χ2v) is 13.7. The standard InChI is InChI=1S/C33H41N7O2/c1-31(2)12-9-26-23(19-40-14-6-11-32(3,42)20-40)15-27(37-28(26)31)29(41)36-25-8-5-7-24(16-25)33(17-22(18-33)10-13-34)30-38-35-21-39(30)4/h5,7-8,15-16,21-22,42H,6,9-12,14,17-20H2,1-4H3,(H,36,41). The van der Waals surface area contributed by atoms with Crippen molar-refractivity contribution in [2.24, 2.45) is 13.0 Å². The summed E-state index contributed by atoms with van der Waals surface area (Å²) in [4.78, 5) is 21.0. The number of amides is 1.